The van der Waals surface area contributed by atoms with E-state index in [9.17, 15) is 4.79 Å². The fourth-order valence-electron chi connectivity index (χ4n) is 2.49. The molecule has 11 nitrogen and oxygen atoms in total. The molecule has 0 bridgehead atoms. The van der Waals surface area contributed by atoms with Gasteiger partial charge in [0, 0.05) is 6.42 Å². The normalized spacial score (nSPS) is 25.6. The molecule has 0 spiro atoms. The molecule has 5 atom stereocenters. The molecular weight excluding hydrogens is 348 g/mol. The van der Waals surface area contributed by atoms with Gasteiger partial charge in [-0.2, -0.15) is 4.98 Å². The van der Waals surface area contributed by atoms with Crippen LogP contribution in [0.3, 0.4) is 0 Å². The summed E-state index contributed by atoms with van der Waals surface area (Å²) in [5, 5.41) is 0. The molecule has 5 N–H and O–H groups in total. The van der Waals surface area contributed by atoms with Crippen molar-refractivity contribution < 1.29 is 23.6 Å². The summed E-state index contributed by atoms with van der Waals surface area (Å²) in [6.07, 6.45) is 0.431. The van der Waals surface area contributed by atoms with Crippen LogP contribution in [0.1, 0.15) is 12.6 Å². The topological polar surface area (TPSA) is 158 Å². The first-order valence-corrected chi connectivity index (χ1v) is 8.28. The number of anilines is 1. The number of hydrogen-bond acceptors (Lipinski definition) is 9. The molecule has 126 valence electrons. The number of aromatic nitrogens is 4. The second kappa shape index (κ2) is 7.14. The average Bonchev–Trinajstić information content (AvgIpc) is 3.09. The van der Waals surface area contributed by atoms with Crippen LogP contribution >= 0.6 is 18.1 Å². The number of nitrogen functional groups attached to an aromatic ring is 1. The van der Waals surface area contributed by atoms with E-state index in [0.29, 0.717) is 12.1 Å². The molecule has 0 aliphatic carbocycles. The summed E-state index contributed by atoms with van der Waals surface area (Å²) in [5.41, 5.74) is 5.58. The number of imidazole rings is 1. The van der Waals surface area contributed by atoms with Crippen molar-refractivity contribution in [3.05, 3.63) is 16.7 Å². The fourth-order valence-corrected chi connectivity index (χ4v) is 3.11. The lowest BCUT2D eigenvalue weighted by Crippen LogP contribution is -2.26. The van der Waals surface area contributed by atoms with Crippen molar-refractivity contribution in [3.63, 3.8) is 0 Å². The standard InChI is InChI=1S/C10H15N5O6P2/c11-10-13-8-7(9(16)14-10)12-3-15(8)6-1-4(21-23-18)5(20-6)2-19-22-17/h3-6,17-18,22-23H,1-2H2,(H3,11,13,14,16). The number of H-pyrrole nitrogens is 1. The highest BCUT2D eigenvalue weighted by atomic mass is 31.1. The zero-order valence-corrected chi connectivity index (χ0v) is 13.7. The first-order chi connectivity index (χ1) is 11.1. The van der Waals surface area contributed by atoms with Crippen LogP contribution in [0.15, 0.2) is 11.1 Å². The number of aromatic amines is 1. The van der Waals surface area contributed by atoms with E-state index in [1.807, 2.05) is 0 Å². The van der Waals surface area contributed by atoms with Gasteiger partial charge >= 0.3 is 0 Å². The van der Waals surface area contributed by atoms with E-state index in [1.54, 1.807) is 4.57 Å². The predicted molar refractivity (Wildman–Crippen MR) is 83.0 cm³/mol. The highest BCUT2D eigenvalue weighted by Gasteiger charge is 2.38. The molecule has 3 heterocycles. The summed E-state index contributed by atoms with van der Waals surface area (Å²) in [6.45, 7) is 0.114. The molecule has 1 aliphatic heterocycles. The third-order valence-electron chi connectivity index (χ3n) is 3.46. The lowest BCUT2D eigenvalue weighted by atomic mass is 10.2. The Balaban J connectivity index is 1.88. The summed E-state index contributed by atoms with van der Waals surface area (Å²) in [5.74, 6) is -0.0201. The maximum Gasteiger partial charge on any atom is 0.280 e. The zero-order chi connectivity index (χ0) is 16.4. The van der Waals surface area contributed by atoms with Gasteiger partial charge < -0.3 is 29.3 Å². The maximum atomic E-state index is 11.8. The number of rotatable bonds is 6. The van der Waals surface area contributed by atoms with Gasteiger partial charge in [0.15, 0.2) is 29.2 Å². The Bertz CT molecular complexity index is 738. The summed E-state index contributed by atoms with van der Waals surface area (Å²) < 4.78 is 17.6. The van der Waals surface area contributed by atoms with Crippen molar-refractivity contribution in [2.75, 3.05) is 12.3 Å². The summed E-state index contributed by atoms with van der Waals surface area (Å²) in [7, 11) is -1.36. The first-order valence-electron chi connectivity index (χ1n) is 6.57. The Hall–Kier alpha value is -1.19. The number of nitrogens with two attached hydrogens (primary N) is 1. The third kappa shape index (κ3) is 3.36. The molecule has 1 saturated heterocycles. The van der Waals surface area contributed by atoms with Crippen LogP contribution in [-0.2, 0) is 13.8 Å². The Morgan fingerprint density at radius 2 is 2.35 bits per heavy atom. The van der Waals surface area contributed by atoms with E-state index >= 15 is 0 Å². The quantitative estimate of drug-likeness (QED) is 0.491. The second-order valence-electron chi connectivity index (χ2n) is 4.79. The van der Waals surface area contributed by atoms with Crippen LogP contribution in [-0.4, -0.2) is 48.1 Å². The highest BCUT2D eigenvalue weighted by molar-refractivity contribution is 7.25. The molecule has 23 heavy (non-hydrogen) atoms. The smallest absolute Gasteiger partial charge is 0.280 e. The first kappa shape index (κ1) is 16.7. The Morgan fingerprint density at radius 3 is 3.09 bits per heavy atom. The van der Waals surface area contributed by atoms with Crippen LogP contribution in [0.25, 0.3) is 11.2 Å². The second-order valence-corrected chi connectivity index (χ2v) is 5.68. The number of nitrogens with zero attached hydrogens (tertiary/aromatic N) is 3. The van der Waals surface area contributed by atoms with Gasteiger partial charge in [-0.15, -0.1) is 0 Å². The molecule has 0 saturated carbocycles. The zero-order valence-electron chi connectivity index (χ0n) is 11.7. The van der Waals surface area contributed by atoms with Crippen molar-refractivity contribution in [2.24, 2.45) is 0 Å². The fraction of sp³-hybridized carbons (Fsp3) is 0.500. The maximum absolute atomic E-state index is 11.8. The molecule has 1 aliphatic rings. The van der Waals surface area contributed by atoms with Crippen molar-refractivity contribution in [3.8, 4) is 0 Å². The van der Waals surface area contributed by atoms with Crippen LogP contribution in [0.2, 0.25) is 0 Å². The minimum atomic E-state index is -0.696. The van der Waals surface area contributed by atoms with Crippen LogP contribution in [0.5, 0.6) is 0 Å². The van der Waals surface area contributed by atoms with Crippen LogP contribution in [0, 0.1) is 0 Å². The van der Waals surface area contributed by atoms with Gasteiger partial charge in [-0.05, 0) is 0 Å². The summed E-state index contributed by atoms with van der Waals surface area (Å²) >= 11 is 0. The minimum Gasteiger partial charge on any atom is -0.369 e. The molecule has 5 unspecified atom stereocenters. The van der Waals surface area contributed by atoms with Crippen LogP contribution in [0.4, 0.5) is 5.95 Å². The van der Waals surface area contributed by atoms with Gasteiger partial charge in [-0.25, -0.2) is 4.98 Å². The van der Waals surface area contributed by atoms with Crippen molar-refractivity contribution in [1.82, 2.24) is 19.5 Å². The van der Waals surface area contributed by atoms with Crippen molar-refractivity contribution in [2.45, 2.75) is 24.9 Å². The largest absolute Gasteiger partial charge is 0.369 e. The van der Waals surface area contributed by atoms with Crippen molar-refractivity contribution >= 4 is 35.2 Å². The van der Waals surface area contributed by atoms with Gasteiger partial charge in [0.05, 0.1) is 19.0 Å². The van der Waals surface area contributed by atoms with E-state index in [1.165, 1.54) is 6.33 Å². The molecule has 3 rings (SSSR count). The predicted octanol–water partition coefficient (Wildman–Crippen LogP) is -0.607. The van der Waals surface area contributed by atoms with Gasteiger partial charge in [-0.1, -0.05) is 0 Å². The van der Waals surface area contributed by atoms with Crippen molar-refractivity contribution in [1.29, 1.82) is 0 Å². The third-order valence-corrected chi connectivity index (χ3v) is 4.16. The van der Waals surface area contributed by atoms with E-state index in [-0.39, 0.29) is 18.1 Å². The molecule has 0 radical (unpaired) electrons. The number of fused-ring (bicyclic) bond motifs is 1. The Morgan fingerprint density at radius 1 is 1.52 bits per heavy atom. The lowest BCUT2D eigenvalue weighted by Gasteiger charge is -2.16. The summed E-state index contributed by atoms with van der Waals surface area (Å²) in [6, 6.07) is 0. The van der Waals surface area contributed by atoms with Gasteiger partial charge in [0.1, 0.15) is 12.3 Å². The SMILES string of the molecule is Nc1nc2c(ncn2C2CC(OPO)C(COPO)O2)c(=O)[nH]1. The number of ether oxygens (including phenoxy) is 1. The molecule has 2 aromatic heterocycles. The minimum absolute atomic E-state index is 0.0201. The van der Waals surface area contributed by atoms with E-state index in [0.717, 1.165) is 0 Å². The monoisotopic (exact) mass is 363 g/mol. The molecule has 2 aromatic rings. The summed E-state index contributed by atoms with van der Waals surface area (Å²) in [4.78, 5) is 40.1. The van der Waals surface area contributed by atoms with E-state index in [2.05, 4.69) is 15.0 Å². The molecule has 0 amide bonds. The number of hydrogen-bond donors (Lipinski definition) is 4. The Labute approximate surface area is 133 Å². The van der Waals surface area contributed by atoms with E-state index in [4.69, 9.17) is 29.3 Å². The molecule has 1 fully saturated rings. The van der Waals surface area contributed by atoms with Crippen LogP contribution < -0.4 is 11.3 Å². The van der Waals surface area contributed by atoms with Gasteiger partial charge in [0.2, 0.25) is 5.95 Å². The molecule has 13 heteroatoms. The average molecular weight is 363 g/mol. The van der Waals surface area contributed by atoms with E-state index < -0.39 is 42.1 Å². The number of nitrogens with one attached hydrogen (secondary N) is 1. The Kier molecular flexibility index (Phi) is 5.17. The molecular formula is C10H15N5O6P2. The lowest BCUT2D eigenvalue weighted by molar-refractivity contribution is -0.0321. The van der Waals surface area contributed by atoms with Gasteiger partial charge in [-0.3, -0.25) is 14.3 Å². The van der Waals surface area contributed by atoms with Gasteiger partial charge in [0.25, 0.3) is 5.56 Å². The highest BCUT2D eigenvalue weighted by Crippen LogP contribution is 2.35. The molecule has 0 aromatic carbocycles.